The van der Waals surface area contributed by atoms with E-state index in [1.807, 2.05) is 44.2 Å². The smallest absolute Gasteiger partial charge is 0.240 e. The Hall–Kier alpha value is -2.49. The molecule has 28 heavy (non-hydrogen) atoms. The van der Waals surface area contributed by atoms with E-state index in [0.717, 1.165) is 21.2 Å². The van der Waals surface area contributed by atoms with Crippen molar-refractivity contribution in [2.75, 3.05) is 5.32 Å². The molecule has 0 aliphatic rings. The van der Waals surface area contributed by atoms with Crippen molar-refractivity contribution in [2.24, 2.45) is 0 Å². The van der Waals surface area contributed by atoms with Crippen LogP contribution in [0.1, 0.15) is 23.6 Å². The Morgan fingerprint density at radius 1 is 1.18 bits per heavy atom. The van der Waals surface area contributed by atoms with Crippen LogP contribution in [-0.2, 0) is 0 Å². The van der Waals surface area contributed by atoms with Crippen LogP contribution in [-0.4, -0.2) is 25.3 Å². The van der Waals surface area contributed by atoms with Crippen molar-refractivity contribution in [3.63, 3.8) is 0 Å². The first-order valence-electron chi connectivity index (χ1n) is 8.36. The molecule has 3 aromatic heterocycles. The molecule has 0 amide bonds. The molecule has 1 atom stereocenters. The lowest BCUT2D eigenvalue weighted by Crippen LogP contribution is -1.92. The van der Waals surface area contributed by atoms with Gasteiger partial charge in [0.15, 0.2) is 4.34 Å². The van der Waals surface area contributed by atoms with Gasteiger partial charge in [-0.3, -0.25) is 4.98 Å². The average molecular weight is 431 g/mol. The number of benzene rings is 1. The minimum absolute atomic E-state index is 0.0585. The molecular weight excluding hydrogens is 416 g/mol. The quantitative estimate of drug-likeness (QED) is 0.398. The Morgan fingerprint density at radius 3 is 2.82 bits per heavy atom. The van der Waals surface area contributed by atoms with Gasteiger partial charge in [-0.1, -0.05) is 45.9 Å². The number of nitrogens with one attached hydrogen (secondary N) is 1. The molecule has 0 aliphatic heterocycles. The molecule has 0 fully saturated rings. The zero-order chi connectivity index (χ0) is 19.5. The number of rotatable bonds is 6. The van der Waals surface area contributed by atoms with Gasteiger partial charge < -0.3 is 9.84 Å². The first-order valence-corrected chi connectivity index (χ1v) is 10.4. The summed E-state index contributed by atoms with van der Waals surface area (Å²) in [4.78, 5) is 8.47. The Morgan fingerprint density at radius 2 is 2.00 bits per heavy atom. The summed E-state index contributed by atoms with van der Waals surface area (Å²) >= 11 is 9.14. The van der Waals surface area contributed by atoms with Crippen LogP contribution in [0.2, 0.25) is 5.02 Å². The molecule has 4 aromatic rings. The highest BCUT2D eigenvalue weighted by atomic mass is 35.5. The third kappa shape index (κ3) is 4.16. The molecular formula is C18H15ClN6OS2. The maximum atomic E-state index is 6.16. The minimum atomic E-state index is -0.0585. The lowest BCUT2D eigenvalue weighted by molar-refractivity contribution is 0.381. The SMILES string of the molecule is Cc1c(Cl)cccc1Nc1nnc(S[C@H](C)c2nc(-c3ccncc3)no2)s1. The highest BCUT2D eigenvalue weighted by Gasteiger charge is 2.19. The van der Waals surface area contributed by atoms with E-state index in [1.54, 1.807) is 12.4 Å². The van der Waals surface area contributed by atoms with Gasteiger partial charge in [-0.25, -0.2) is 0 Å². The summed E-state index contributed by atoms with van der Waals surface area (Å²) in [6.07, 6.45) is 3.39. The van der Waals surface area contributed by atoms with Crippen LogP contribution in [0.25, 0.3) is 11.4 Å². The van der Waals surface area contributed by atoms with Gasteiger partial charge in [0.1, 0.15) is 0 Å². The second kappa shape index (κ2) is 8.26. The molecule has 142 valence electrons. The van der Waals surface area contributed by atoms with Crippen LogP contribution in [0.15, 0.2) is 51.6 Å². The molecule has 0 unspecified atom stereocenters. The molecule has 0 radical (unpaired) electrons. The molecule has 1 aromatic carbocycles. The molecule has 4 rings (SSSR count). The summed E-state index contributed by atoms with van der Waals surface area (Å²) in [6, 6.07) is 9.39. The van der Waals surface area contributed by atoms with E-state index < -0.39 is 0 Å². The number of thioether (sulfide) groups is 1. The van der Waals surface area contributed by atoms with E-state index >= 15 is 0 Å². The molecule has 3 heterocycles. The summed E-state index contributed by atoms with van der Waals surface area (Å²) in [7, 11) is 0. The molecule has 0 saturated heterocycles. The topological polar surface area (TPSA) is 89.6 Å². The number of hydrogen-bond acceptors (Lipinski definition) is 9. The van der Waals surface area contributed by atoms with Crippen molar-refractivity contribution >= 4 is 45.5 Å². The van der Waals surface area contributed by atoms with E-state index in [0.29, 0.717) is 21.9 Å². The van der Waals surface area contributed by atoms with Gasteiger partial charge in [-0.2, -0.15) is 4.98 Å². The Kier molecular flexibility index (Phi) is 5.56. The molecule has 1 N–H and O–H groups in total. The number of anilines is 2. The minimum Gasteiger partial charge on any atom is -0.338 e. The fraction of sp³-hybridized carbons (Fsp3) is 0.167. The lowest BCUT2D eigenvalue weighted by atomic mass is 10.2. The maximum absolute atomic E-state index is 6.16. The van der Waals surface area contributed by atoms with Gasteiger partial charge in [-0.05, 0) is 43.7 Å². The van der Waals surface area contributed by atoms with Crippen LogP contribution >= 0.6 is 34.7 Å². The summed E-state index contributed by atoms with van der Waals surface area (Å²) in [5, 5.41) is 17.1. The van der Waals surface area contributed by atoms with Crippen LogP contribution in [0, 0.1) is 6.92 Å². The molecule has 0 spiro atoms. The third-order valence-corrected chi connectivity index (χ3v) is 6.34. The molecule has 7 nitrogen and oxygen atoms in total. The van der Waals surface area contributed by atoms with Crippen LogP contribution in [0.3, 0.4) is 0 Å². The maximum Gasteiger partial charge on any atom is 0.240 e. The summed E-state index contributed by atoms with van der Waals surface area (Å²) in [5.74, 6) is 1.08. The van der Waals surface area contributed by atoms with E-state index in [9.17, 15) is 0 Å². The van der Waals surface area contributed by atoms with Gasteiger partial charge in [0.25, 0.3) is 0 Å². The summed E-state index contributed by atoms with van der Waals surface area (Å²) < 4.78 is 6.21. The number of pyridine rings is 1. The zero-order valence-corrected chi connectivity index (χ0v) is 17.3. The summed E-state index contributed by atoms with van der Waals surface area (Å²) in [5.41, 5.74) is 2.74. The van der Waals surface area contributed by atoms with Crippen LogP contribution in [0.4, 0.5) is 10.8 Å². The highest BCUT2D eigenvalue weighted by molar-refractivity contribution is 8.01. The fourth-order valence-corrected chi connectivity index (χ4v) is 4.50. The average Bonchev–Trinajstić information content (AvgIpc) is 3.36. The van der Waals surface area contributed by atoms with Crippen molar-refractivity contribution in [1.82, 2.24) is 25.3 Å². The van der Waals surface area contributed by atoms with Crippen molar-refractivity contribution in [1.29, 1.82) is 0 Å². The molecule has 10 heteroatoms. The lowest BCUT2D eigenvalue weighted by Gasteiger charge is -2.07. The van der Waals surface area contributed by atoms with Crippen molar-refractivity contribution < 1.29 is 4.52 Å². The fourth-order valence-electron chi connectivity index (χ4n) is 2.39. The summed E-state index contributed by atoms with van der Waals surface area (Å²) in [6.45, 7) is 3.95. The standard InChI is InChI=1S/C18H15ClN6OS2/c1-10-13(19)4-3-5-14(10)21-17-23-24-18(28-17)27-11(2)16-22-15(25-26-16)12-6-8-20-9-7-12/h3-9,11H,1-2H3,(H,21,23)/t11-/m1/s1. The van der Waals surface area contributed by atoms with Crippen LogP contribution in [0.5, 0.6) is 0 Å². The van der Waals surface area contributed by atoms with E-state index in [2.05, 4.69) is 30.6 Å². The van der Waals surface area contributed by atoms with E-state index in [-0.39, 0.29) is 5.25 Å². The van der Waals surface area contributed by atoms with Gasteiger partial charge in [0.2, 0.25) is 16.8 Å². The van der Waals surface area contributed by atoms with Gasteiger partial charge in [-0.15, -0.1) is 10.2 Å². The number of aromatic nitrogens is 5. The van der Waals surface area contributed by atoms with Gasteiger partial charge >= 0.3 is 0 Å². The predicted octanol–water partition coefficient (Wildman–Crippen LogP) is 5.54. The first kappa shape index (κ1) is 18.9. The van der Waals surface area contributed by atoms with Crippen molar-refractivity contribution in [3.8, 4) is 11.4 Å². The Bertz CT molecular complexity index is 1080. The highest BCUT2D eigenvalue weighted by Crippen LogP contribution is 2.38. The van der Waals surface area contributed by atoms with Crippen molar-refractivity contribution in [3.05, 3.63) is 59.2 Å². The second-order valence-electron chi connectivity index (χ2n) is 5.86. The number of nitrogens with zero attached hydrogens (tertiary/aromatic N) is 5. The number of hydrogen-bond donors (Lipinski definition) is 1. The predicted molar refractivity (Wildman–Crippen MR) is 111 cm³/mol. The van der Waals surface area contributed by atoms with E-state index in [1.165, 1.54) is 23.1 Å². The monoisotopic (exact) mass is 430 g/mol. The zero-order valence-electron chi connectivity index (χ0n) is 15.0. The molecule has 0 bridgehead atoms. The molecule has 0 aliphatic carbocycles. The van der Waals surface area contributed by atoms with Crippen molar-refractivity contribution in [2.45, 2.75) is 23.4 Å². The normalized spacial score (nSPS) is 12.1. The Balaban J connectivity index is 1.44. The van der Waals surface area contributed by atoms with Crippen LogP contribution < -0.4 is 5.32 Å². The molecule has 0 saturated carbocycles. The first-order chi connectivity index (χ1) is 13.6. The second-order valence-corrected chi connectivity index (χ2v) is 8.84. The van der Waals surface area contributed by atoms with Gasteiger partial charge in [0.05, 0.1) is 5.25 Å². The number of halogens is 1. The largest absolute Gasteiger partial charge is 0.338 e. The van der Waals surface area contributed by atoms with Gasteiger partial charge in [0, 0.05) is 28.7 Å². The Labute approximate surface area is 174 Å². The third-order valence-electron chi connectivity index (χ3n) is 3.92. The van der Waals surface area contributed by atoms with E-state index in [4.69, 9.17) is 16.1 Å².